The standard InChI is InChI=1S/C15H31N3/c1-14(2)8-6-9-15(14,12-16)18-10-5-7-13(11-18)17(3)4/h13H,5-12,16H2,1-4H3. The van der Waals surface area contributed by atoms with Gasteiger partial charge in [0, 0.05) is 24.7 Å². The van der Waals surface area contributed by atoms with Crippen LogP contribution in [0.1, 0.15) is 46.0 Å². The summed E-state index contributed by atoms with van der Waals surface area (Å²) in [6.45, 7) is 8.11. The van der Waals surface area contributed by atoms with Gasteiger partial charge >= 0.3 is 0 Å². The van der Waals surface area contributed by atoms with Crippen LogP contribution in [-0.2, 0) is 0 Å². The lowest BCUT2D eigenvalue weighted by atomic mass is 9.72. The Kier molecular flexibility index (Phi) is 4.05. The van der Waals surface area contributed by atoms with Gasteiger partial charge in [0.25, 0.3) is 0 Å². The van der Waals surface area contributed by atoms with Crippen molar-refractivity contribution in [2.45, 2.75) is 57.5 Å². The molecule has 106 valence electrons. The smallest absolute Gasteiger partial charge is 0.0383 e. The van der Waals surface area contributed by atoms with Crippen LogP contribution >= 0.6 is 0 Å². The van der Waals surface area contributed by atoms with E-state index in [9.17, 15) is 0 Å². The highest BCUT2D eigenvalue weighted by molar-refractivity contribution is 5.08. The molecule has 0 aromatic rings. The van der Waals surface area contributed by atoms with Gasteiger partial charge in [-0.2, -0.15) is 0 Å². The molecule has 1 heterocycles. The number of hydrogen-bond donors (Lipinski definition) is 1. The van der Waals surface area contributed by atoms with Crippen molar-refractivity contribution in [3.8, 4) is 0 Å². The van der Waals surface area contributed by atoms with Crippen LogP contribution in [0.25, 0.3) is 0 Å². The lowest BCUT2D eigenvalue weighted by molar-refractivity contribution is -0.0213. The summed E-state index contributed by atoms with van der Waals surface area (Å²) in [5.74, 6) is 0. The van der Waals surface area contributed by atoms with E-state index in [0.717, 1.165) is 6.54 Å². The van der Waals surface area contributed by atoms with Crippen molar-refractivity contribution in [3.05, 3.63) is 0 Å². The number of rotatable bonds is 3. The maximum atomic E-state index is 6.24. The first kappa shape index (κ1) is 14.3. The van der Waals surface area contributed by atoms with Crippen LogP contribution < -0.4 is 5.73 Å². The third-order valence-corrected chi connectivity index (χ3v) is 5.72. The predicted molar refractivity (Wildman–Crippen MR) is 77.7 cm³/mol. The quantitative estimate of drug-likeness (QED) is 0.834. The molecular formula is C15H31N3. The number of nitrogens with zero attached hydrogens (tertiary/aromatic N) is 2. The zero-order valence-corrected chi connectivity index (χ0v) is 12.7. The van der Waals surface area contributed by atoms with Crippen molar-refractivity contribution in [2.75, 3.05) is 33.7 Å². The number of likely N-dealkylation sites (N-methyl/N-ethyl adjacent to an activating group) is 1. The highest BCUT2D eigenvalue weighted by Crippen LogP contribution is 2.49. The molecular weight excluding hydrogens is 222 g/mol. The molecule has 1 saturated carbocycles. The van der Waals surface area contributed by atoms with Gasteiger partial charge in [0.15, 0.2) is 0 Å². The fourth-order valence-electron chi connectivity index (χ4n) is 4.25. The number of hydrogen-bond acceptors (Lipinski definition) is 3. The first-order valence-corrected chi connectivity index (χ1v) is 7.54. The third kappa shape index (κ3) is 2.21. The van der Waals surface area contributed by atoms with Crippen LogP contribution in [0.5, 0.6) is 0 Å². The van der Waals surface area contributed by atoms with Crippen molar-refractivity contribution < 1.29 is 0 Å². The molecule has 0 aromatic carbocycles. The van der Waals surface area contributed by atoms with Crippen molar-refractivity contribution >= 4 is 0 Å². The number of likely N-dealkylation sites (tertiary alicyclic amines) is 1. The first-order valence-electron chi connectivity index (χ1n) is 7.54. The van der Waals surface area contributed by atoms with Gasteiger partial charge in [0.1, 0.15) is 0 Å². The van der Waals surface area contributed by atoms with Crippen molar-refractivity contribution in [2.24, 2.45) is 11.1 Å². The second kappa shape index (κ2) is 5.10. The lowest BCUT2D eigenvalue weighted by Crippen LogP contribution is -2.63. The van der Waals surface area contributed by atoms with Crippen LogP contribution in [0.15, 0.2) is 0 Å². The fraction of sp³-hybridized carbons (Fsp3) is 1.00. The summed E-state index contributed by atoms with van der Waals surface area (Å²) in [6, 6.07) is 0.707. The van der Waals surface area contributed by atoms with Crippen LogP contribution in [-0.4, -0.2) is 55.1 Å². The summed E-state index contributed by atoms with van der Waals surface area (Å²) < 4.78 is 0. The van der Waals surface area contributed by atoms with E-state index in [1.54, 1.807) is 0 Å². The van der Waals surface area contributed by atoms with E-state index in [0.29, 0.717) is 11.5 Å². The van der Waals surface area contributed by atoms with Crippen LogP contribution in [0, 0.1) is 5.41 Å². The van der Waals surface area contributed by atoms with Gasteiger partial charge in [-0.25, -0.2) is 0 Å². The minimum Gasteiger partial charge on any atom is -0.329 e. The molecule has 2 atom stereocenters. The van der Waals surface area contributed by atoms with Crippen molar-refractivity contribution in [1.29, 1.82) is 0 Å². The largest absolute Gasteiger partial charge is 0.329 e. The highest BCUT2D eigenvalue weighted by atomic mass is 15.3. The summed E-state index contributed by atoms with van der Waals surface area (Å²) in [5, 5.41) is 0. The Morgan fingerprint density at radius 2 is 1.94 bits per heavy atom. The minimum absolute atomic E-state index is 0.252. The summed E-state index contributed by atoms with van der Waals surface area (Å²) >= 11 is 0. The summed E-state index contributed by atoms with van der Waals surface area (Å²) in [5.41, 5.74) is 6.86. The second-order valence-corrected chi connectivity index (χ2v) is 7.18. The molecule has 0 radical (unpaired) electrons. The molecule has 1 aliphatic heterocycles. The van der Waals surface area contributed by atoms with Gasteiger partial charge in [-0.1, -0.05) is 20.3 Å². The molecule has 2 rings (SSSR count). The molecule has 1 aliphatic carbocycles. The molecule has 2 fully saturated rings. The lowest BCUT2D eigenvalue weighted by Gasteiger charge is -2.53. The molecule has 3 heteroatoms. The van der Waals surface area contributed by atoms with Crippen molar-refractivity contribution in [3.63, 3.8) is 0 Å². The van der Waals surface area contributed by atoms with Crippen LogP contribution in [0.3, 0.4) is 0 Å². The van der Waals surface area contributed by atoms with E-state index in [2.05, 4.69) is 37.7 Å². The molecule has 1 saturated heterocycles. The fourth-order valence-corrected chi connectivity index (χ4v) is 4.25. The molecule has 0 spiro atoms. The number of piperidine rings is 1. The van der Waals surface area contributed by atoms with E-state index in [-0.39, 0.29) is 5.54 Å². The molecule has 2 aliphatic rings. The maximum absolute atomic E-state index is 6.24. The summed E-state index contributed by atoms with van der Waals surface area (Å²) in [4.78, 5) is 5.12. The average Bonchev–Trinajstić information content (AvgIpc) is 2.65. The highest BCUT2D eigenvalue weighted by Gasteiger charge is 2.52. The first-order chi connectivity index (χ1) is 8.43. The topological polar surface area (TPSA) is 32.5 Å². The summed E-state index contributed by atoms with van der Waals surface area (Å²) in [7, 11) is 4.42. The Balaban J connectivity index is 2.17. The average molecular weight is 253 g/mol. The number of nitrogens with two attached hydrogens (primary N) is 1. The molecule has 2 unspecified atom stereocenters. The normalized spacial score (nSPS) is 37.3. The minimum atomic E-state index is 0.252. The van der Waals surface area contributed by atoms with Gasteiger partial charge in [-0.3, -0.25) is 4.90 Å². The molecule has 3 nitrogen and oxygen atoms in total. The molecule has 0 bridgehead atoms. The Bertz CT molecular complexity index is 287. The van der Waals surface area contributed by atoms with Gasteiger partial charge in [-0.05, 0) is 51.7 Å². The van der Waals surface area contributed by atoms with E-state index in [1.165, 1.54) is 45.2 Å². The molecule has 0 amide bonds. The van der Waals surface area contributed by atoms with Crippen molar-refractivity contribution in [1.82, 2.24) is 9.80 Å². The van der Waals surface area contributed by atoms with Gasteiger partial charge in [-0.15, -0.1) is 0 Å². The molecule has 0 aromatic heterocycles. The van der Waals surface area contributed by atoms with Gasteiger partial charge in [0.05, 0.1) is 0 Å². The van der Waals surface area contributed by atoms with Gasteiger partial charge in [0.2, 0.25) is 0 Å². The van der Waals surface area contributed by atoms with E-state index >= 15 is 0 Å². The maximum Gasteiger partial charge on any atom is 0.0383 e. The SMILES string of the molecule is CN(C)C1CCCN(C2(CN)CCCC2(C)C)C1. The Morgan fingerprint density at radius 1 is 1.22 bits per heavy atom. The Hall–Kier alpha value is -0.120. The second-order valence-electron chi connectivity index (χ2n) is 7.18. The van der Waals surface area contributed by atoms with Gasteiger partial charge < -0.3 is 10.6 Å². The van der Waals surface area contributed by atoms with E-state index in [1.807, 2.05) is 0 Å². The zero-order chi connectivity index (χ0) is 13.4. The van der Waals surface area contributed by atoms with E-state index in [4.69, 9.17) is 5.73 Å². The Morgan fingerprint density at radius 3 is 2.44 bits per heavy atom. The third-order valence-electron chi connectivity index (χ3n) is 5.72. The van der Waals surface area contributed by atoms with Crippen LogP contribution in [0.4, 0.5) is 0 Å². The summed E-state index contributed by atoms with van der Waals surface area (Å²) in [6.07, 6.45) is 6.61. The zero-order valence-electron chi connectivity index (χ0n) is 12.7. The molecule has 2 N–H and O–H groups in total. The predicted octanol–water partition coefficient (Wildman–Crippen LogP) is 1.92. The molecule has 18 heavy (non-hydrogen) atoms. The van der Waals surface area contributed by atoms with Crippen LogP contribution in [0.2, 0.25) is 0 Å². The Labute approximate surface area is 113 Å². The van der Waals surface area contributed by atoms with E-state index < -0.39 is 0 Å². The monoisotopic (exact) mass is 253 g/mol.